The maximum atomic E-state index is 12.1. The first-order valence-corrected chi connectivity index (χ1v) is 8.16. The van der Waals surface area contributed by atoms with Gasteiger partial charge < -0.3 is 10.2 Å². The van der Waals surface area contributed by atoms with Crippen molar-refractivity contribution < 1.29 is 4.79 Å². The van der Waals surface area contributed by atoms with Crippen molar-refractivity contribution in [3.63, 3.8) is 0 Å². The molecule has 0 aliphatic carbocycles. The predicted molar refractivity (Wildman–Crippen MR) is 93.9 cm³/mol. The maximum absolute atomic E-state index is 12.1. The van der Waals surface area contributed by atoms with Crippen molar-refractivity contribution in [1.29, 1.82) is 0 Å². The number of carbonyl (C=O) groups is 1. The number of hydrogen-bond donors (Lipinski definition) is 1. The topological polar surface area (TPSA) is 32.3 Å². The minimum absolute atomic E-state index is 0.0733. The summed E-state index contributed by atoms with van der Waals surface area (Å²) < 4.78 is 1.72. The molecule has 0 aromatic heterocycles. The van der Waals surface area contributed by atoms with E-state index < -0.39 is 0 Å². The summed E-state index contributed by atoms with van der Waals surface area (Å²) in [5.41, 5.74) is 1.78. The minimum Gasteiger partial charge on any atom is -0.373 e. The summed E-state index contributed by atoms with van der Waals surface area (Å²) in [5, 5.41) is 2.93. The van der Waals surface area contributed by atoms with Crippen molar-refractivity contribution in [1.82, 2.24) is 5.32 Å². The lowest BCUT2D eigenvalue weighted by Crippen LogP contribution is -2.33. The van der Waals surface area contributed by atoms with Crippen LogP contribution in [0.25, 0.3) is 0 Å². The fourth-order valence-electron chi connectivity index (χ4n) is 1.92. The molecule has 21 heavy (non-hydrogen) atoms. The second-order valence-electron chi connectivity index (χ2n) is 4.64. The van der Waals surface area contributed by atoms with Crippen molar-refractivity contribution in [2.75, 3.05) is 25.0 Å². The molecule has 0 atom stereocenters. The largest absolute Gasteiger partial charge is 0.373 e. The van der Waals surface area contributed by atoms with E-state index in [1.54, 1.807) is 6.07 Å². The fraction of sp³-hybridized carbons (Fsp3) is 0.188. The van der Waals surface area contributed by atoms with Crippen LogP contribution in [0.15, 0.2) is 57.5 Å². The number of nitrogens with zero attached hydrogens (tertiary/aromatic N) is 1. The highest BCUT2D eigenvalue weighted by atomic mass is 79.9. The average molecular weight is 412 g/mol. The third-order valence-corrected chi connectivity index (χ3v) is 4.25. The van der Waals surface area contributed by atoms with E-state index in [4.69, 9.17) is 0 Å². The summed E-state index contributed by atoms with van der Waals surface area (Å²) in [6.45, 7) is 1.34. The number of halogens is 2. The van der Waals surface area contributed by atoms with Crippen LogP contribution < -0.4 is 10.2 Å². The average Bonchev–Trinajstić information content (AvgIpc) is 2.47. The highest BCUT2D eigenvalue weighted by Crippen LogP contribution is 2.21. The van der Waals surface area contributed by atoms with Gasteiger partial charge >= 0.3 is 0 Å². The van der Waals surface area contributed by atoms with Crippen LogP contribution in [0, 0.1) is 0 Å². The number of rotatable bonds is 5. The molecule has 5 heteroatoms. The molecule has 0 saturated heterocycles. The number of nitrogens with one attached hydrogen (secondary N) is 1. The molecule has 1 N–H and O–H groups in total. The summed E-state index contributed by atoms with van der Waals surface area (Å²) in [6, 6.07) is 15.6. The van der Waals surface area contributed by atoms with Gasteiger partial charge in [0.25, 0.3) is 5.91 Å². The monoisotopic (exact) mass is 410 g/mol. The number of hydrogen-bond acceptors (Lipinski definition) is 2. The third-order valence-electron chi connectivity index (χ3n) is 3.11. The first-order chi connectivity index (χ1) is 10.1. The summed E-state index contributed by atoms with van der Waals surface area (Å²) in [4.78, 5) is 14.2. The number of amides is 1. The minimum atomic E-state index is -0.0733. The molecule has 0 heterocycles. The summed E-state index contributed by atoms with van der Waals surface area (Å²) in [5.74, 6) is -0.0733. The molecule has 0 saturated carbocycles. The number of para-hydroxylation sites is 1. The molecule has 0 spiro atoms. The van der Waals surface area contributed by atoms with Crippen LogP contribution in [-0.4, -0.2) is 26.0 Å². The molecule has 0 unspecified atom stereocenters. The molecule has 0 aliphatic rings. The van der Waals surface area contributed by atoms with Crippen molar-refractivity contribution in [3.05, 3.63) is 63.0 Å². The second-order valence-corrected chi connectivity index (χ2v) is 6.41. The van der Waals surface area contributed by atoms with Gasteiger partial charge in [-0.15, -0.1) is 0 Å². The Bertz CT molecular complexity index is 617. The van der Waals surface area contributed by atoms with Gasteiger partial charge in [0.1, 0.15) is 0 Å². The van der Waals surface area contributed by atoms with E-state index in [-0.39, 0.29) is 5.91 Å². The van der Waals surface area contributed by atoms with E-state index in [0.717, 1.165) is 21.2 Å². The Kier molecular flexibility index (Phi) is 5.82. The van der Waals surface area contributed by atoms with Gasteiger partial charge in [-0.05, 0) is 46.3 Å². The second kappa shape index (κ2) is 7.61. The molecular weight excluding hydrogens is 396 g/mol. The molecular formula is C16H16Br2N2O. The lowest BCUT2D eigenvalue weighted by atomic mass is 10.2. The van der Waals surface area contributed by atoms with Crippen LogP contribution in [0.3, 0.4) is 0 Å². The normalized spacial score (nSPS) is 10.2. The summed E-state index contributed by atoms with van der Waals surface area (Å²) >= 11 is 6.78. The van der Waals surface area contributed by atoms with Crippen LogP contribution in [-0.2, 0) is 0 Å². The van der Waals surface area contributed by atoms with Crippen molar-refractivity contribution in [2.45, 2.75) is 0 Å². The van der Waals surface area contributed by atoms with Crippen LogP contribution in [0.5, 0.6) is 0 Å². The van der Waals surface area contributed by atoms with Gasteiger partial charge in [0, 0.05) is 34.8 Å². The van der Waals surface area contributed by atoms with Gasteiger partial charge in [0.05, 0.1) is 5.56 Å². The van der Waals surface area contributed by atoms with Gasteiger partial charge in [-0.2, -0.15) is 0 Å². The molecule has 3 nitrogen and oxygen atoms in total. The first-order valence-electron chi connectivity index (χ1n) is 6.57. The first kappa shape index (κ1) is 16.0. The molecule has 1 amide bonds. The molecule has 0 fully saturated rings. The number of likely N-dealkylation sites (N-methyl/N-ethyl adjacent to an activating group) is 1. The van der Waals surface area contributed by atoms with Gasteiger partial charge in [-0.3, -0.25) is 4.79 Å². The van der Waals surface area contributed by atoms with E-state index in [1.807, 2.05) is 49.5 Å². The SMILES string of the molecule is CN(CCNC(=O)c1ccc(Br)cc1Br)c1ccccc1. The fourth-order valence-corrected chi connectivity index (χ4v) is 3.14. The van der Waals surface area contributed by atoms with E-state index in [9.17, 15) is 4.79 Å². The van der Waals surface area contributed by atoms with Gasteiger partial charge in [-0.1, -0.05) is 34.1 Å². The standard InChI is InChI=1S/C16H16Br2N2O/c1-20(13-5-3-2-4-6-13)10-9-19-16(21)14-8-7-12(17)11-15(14)18/h2-8,11H,9-10H2,1H3,(H,19,21). The number of benzene rings is 2. The van der Waals surface area contributed by atoms with E-state index in [2.05, 4.69) is 42.1 Å². The zero-order valence-corrected chi connectivity index (χ0v) is 14.8. The van der Waals surface area contributed by atoms with Crippen molar-refractivity contribution >= 4 is 43.5 Å². The summed E-state index contributed by atoms with van der Waals surface area (Å²) in [6.07, 6.45) is 0. The molecule has 0 aliphatic heterocycles. The van der Waals surface area contributed by atoms with E-state index in [0.29, 0.717) is 12.1 Å². The zero-order valence-electron chi connectivity index (χ0n) is 11.6. The van der Waals surface area contributed by atoms with Crippen LogP contribution in [0.4, 0.5) is 5.69 Å². The molecule has 0 bridgehead atoms. The molecule has 2 aromatic rings. The van der Waals surface area contributed by atoms with Crippen molar-refractivity contribution in [2.24, 2.45) is 0 Å². The highest BCUT2D eigenvalue weighted by Gasteiger charge is 2.10. The number of anilines is 1. The van der Waals surface area contributed by atoms with Crippen LogP contribution >= 0.6 is 31.9 Å². The Balaban J connectivity index is 1.87. The Morgan fingerprint density at radius 1 is 1.14 bits per heavy atom. The van der Waals surface area contributed by atoms with Gasteiger partial charge in [0.2, 0.25) is 0 Å². The smallest absolute Gasteiger partial charge is 0.252 e. The van der Waals surface area contributed by atoms with Crippen LogP contribution in [0.1, 0.15) is 10.4 Å². The lowest BCUT2D eigenvalue weighted by molar-refractivity contribution is 0.0954. The lowest BCUT2D eigenvalue weighted by Gasteiger charge is -2.19. The molecule has 2 rings (SSSR count). The Morgan fingerprint density at radius 3 is 2.52 bits per heavy atom. The highest BCUT2D eigenvalue weighted by molar-refractivity contribution is 9.11. The van der Waals surface area contributed by atoms with Crippen LogP contribution in [0.2, 0.25) is 0 Å². The van der Waals surface area contributed by atoms with E-state index in [1.165, 1.54) is 0 Å². The molecule has 0 radical (unpaired) electrons. The summed E-state index contributed by atoms with van der Waals surface area (Å²) in [7, 11) is 2.01. The van der Waals surface area contributed by atoms with E-state index >= 15 is 0 Å². The Morgan fingerprint density at radius 2 is 1.86 bits per heavy atom. The Hall–Kier alpha value is -1.33. The Labute approximate surface area is 141 Å². The number of carbonyl (C=O) groups excluding carboxylic acids is 1. The predicted octanol–water partition coefficient (Wildman–Crippen LogP) is 4.08. The maximum Gasteiger partial charge on any atom is 0.252 e. The van der Waals surface area contributed by atoms with Crippen molar-refractivity contribution in [3.8, 4) is 0 Å². The molecule has 2 aromatic carbocycles. The van der Waals surface area contributed by atoms with Gasteiger partial charge in [0.15, 0.2) is 0 Å². The third kappa shape index (κ3) is 4.58. The zero-order chi connectivity index (χ0) is 15.2. The quantitative estimate of drug-likeness (QED) is 0.803. The van der Waals surface area contributed by atoms with Gasteiger partial charge in [-0.25, -0.2) is 0 Å². The molecule has 110 valence electrons.